The van der Waals surface area contributed by atoms with Gasteiger partial charge in [0.2, 0.25) is 0 Å². The topological polar surface area (TPSA) is 58.9 Å². The van der Waals surface area contributed by atoms with Crippen LogP contribution in [0.4, 0.5) is 0 Å². The largest absolute Gasteiger partial charge is 0.364 e. The van der Waals surface area contributed by atoms with E-state index in [9.17, 15) is 4.79 Å². The normalized spacial score (nSPS) is 10.7. The Kier molecular flexibility index (Phi) is 2.07. The fourth-order valence-corrected chi connectivity index (χ4v) is 1.91. The summed E-state index contributed by atoms with van der Waals surface area (Å²) in [4.78, 5) is 14.1. The number of nitrogens with one attached hydrogen (secondary N) is 1. The predicted molar refractivity (Wildman–Crippen MR) is 59.3 cm³/mol. The molecule has 2 rings (SSSR count). The van der Waals surface area contributed by atoms with Crippen molar-refractivity contribution in [1.29, 1.82) is 0 Å². The molecule has 1 aromatic carbocycles. The molecule has 3 nitrogen and oxygen atoms in total. The van der Waals surface area contributed by atoms with Crippen molar-refractivity contribution in [2.75, 3.05) is 0 Å². The molecule has 0 saturated carbocycles. The fraction of sp³-hybridized carbons (Fsp3) is 0.100. The minimum absolute atomic E-state index is 0.421. The van der Waals surface area contributed by atoms with E-state index in [2.05, 4.69) is 20.9 Å². The lowest BCUT2D eigenvalue weighted by molar-refractivity contribution is 0.0996. The van der Waals surface area contributed by atoms with E-state index < -0.39 is 5.91 Å². The van der Waals surface area contributed by atoms with Crippen LogP contribution >= 0.6 is 15.9 Å². The van der Waals surface area contributed by atoms with Gasteiger partial charge in [-0.05, 0) is 30.7 Å². The summed E-state index contributed by atoms with van der Waals surface area (Å²) in [5.41, 5.74) is 7.55. The second-order valence-electron chi connectivity index (χ2n) is 3.18. The summed E-state index contributed by atoms with van der Waals surface area (Å²) in [7, 11) is 0. The molecule has 0 radical (unpaired) electrons. The van der Waals surface area contributed by atoms with Crippen LogP contribution in [-0.2, 0) is 0 Å². The van der Waals surface area contributed by atoms with Crippen molar-refractivity contribution in [3.8, 4) is 0 Å². The number of carbonyl (C=O) groups excluding carboxylic acids is 1. The second kappa shape index (κ2) is 3.13. The van der Waals surface area contributed by atoms with E-state index in [1.165, 1.54) is 0 Å². The molecule has 1 amide bonds. The van der Waals surface area contributed by atoms with E-state index in [1.807, 2.05) is 25.1 Å². The molecule has 0 fully saturated rings. The Bertz CT molecular complexity index is 516. The number of fused-ring (bicyclic) bond motifs is 1. The van der Waals surface area contributed by atoms with Crippen LogP contribution in [0.3, 0.4) is 0 Å². The molecule has 0 spiro atoms. The number of hydrogen-bond donors (Lipinski definition) is 2. The first kappa shape index (κ1) is 9.27. The van der Waals surface area contributed by atoms with Crippen LogP contribution in [0.1, 0.15) is 16.1 Å². The number of amides is 1. The van der Waals surface area contributed by atoms with E-state index in [-0.39, 0.29) is 0 Å². The number of aromatic amines is 1. The highest BCUT2D eigenvalue weighted by Gasteiger charge is 2.11. The van der Waals surface area contributed by atoms with E-state index in [1.54, 1.807) is 0 Å². The van der Waals surface area contributed by atoms with Gasteiger partial charge in [0.25, 0.3) is 5.91 Å². The number of primary amides is 1. The molecule has 4 heteroatoms. The first-order valence-corrected chi connectivity index (χ1v) is 4.96. The molecule has 0 atom stereocenters. The number of rotatable bonds is 1. The van der Waals surface area contributed by atoms with E-state index in [0.717, 1.165) is 20.9 Å². The van der Waals surface area contributed by atoms with Crippen LogP contribution in [-0.4, -0.2) is 10.9 Å². The van der Waals surface area contributed by atoms with Crippen LogP contribution in [0.15, 0.2) is 22.7 Å². The molecule has 2 aromatic rings. The molecule has 3 N–H and O–H groups in total. The van der Waals surface area contributed by atoms with Gasteiger partial charge in [-0.2, -0.15) is 0 Å². The molecule has 0 aliphatic rings. The molecular weight excluding hydrogens is 244 g/mol. The molecular formula is C10H9BrN2O. The third-order valence-electron chi connectivity index (χ3n) is 2.27. The average molecular weight is 253 g/mol. The summed E-state index contributed by atoms with van der Waals surface area (Å²) in [6, 6.07) is 5.80. The van der Waals surface area contributed by atoms with Gasteiger partial charge in [0.05, 0.1) is 0 Å². The molecule has 72 valence electrons. The number of H-pyrrole nitrogens is 1. The number of hydrogen-bond acceptors (Lipinski definition) is 1. The van der Waals surface area contributed by atoms with Gasteiger partial charge in [0.15, 0.2) is 0 Å². The second-order valence-corrected chi connectivity index (χ2v) is 4.09. The predicted octanol–water partition coefficient (Wildman–Crippen LogP) is 2.34. The summed E-state index contributed by atoms with van der Waals surface area (Å²) in [5, 5.41) is 1.02. The first-order valence-electron chi connectivity index (χ1n) is 4.17. The Balaban J connectivity index is 2.80. The molecule has 0 bridgehead atoms. The number of aryl methyl sites for hydroxylation is 1. The zero-order valence-electron chi connectivity index (χ0n) is 7.60. The van der Waals surface area contributed by atoms with Crippen molar-refractivity contribution >= 4 is 32.7 Å². The lowest BCUT2D eigenvalue weighted by Crippen LogP contribution is -2.12. The number of benzene rings is 1. The van der Waals surface area contributed by atoms with Crippen LogP contribution < -0.4 is 5.73 Å². The summed E-state index contributed by atoms with van der Waals surface area (Å²) in [6.45, 7) is 1.88. The van der Waals surface area contributed by atoms with Gasteiger partial charge in [0, 0.05) is 15.4 Å². The van der Waals surface area contributed by atoms with Gasteiger partial charge < -0.3 is 10.7 Å². The van der Waals surface area contributed by atoms with Gasteiger partial charge in [-0.3, -0.25) is 4.79 Å². The van der Waals surface area contributed by atoms with Crippen LogP contribution in [0.5, 0.6) is 0 Å². The highest BCUT2D eigenvalue weighted by Crippen LogP contribution is 2.24. The summed E-state index contributed by atoms with van der Waals surface area (Å²) in [5.74, 6) is -0.421. The molecule has 1 heterocycles. The van der Waals surface area contributed by atoms with Crippen molar-refractivity contribution < 1.29 is 4.79 Å². The molecule has 0 aliphatic heterocycles. The van der Waals surface area contributed by atoms with Crippen molar-refractivity contribution in [2.45, 2.75) is 6.92 Å². The zero-order chi connectivity index (χ0) is 10.3. The molecule has 0 saturated heterocycles. The third kappa shape index (κ3) is 1.32. The smallest absolute Gasteiger partial charge is 0.265 e. The maximum atomic E-state index is 11.1. The fourth-order valence-electron chi connectivity index (χ4n) is 1.55. The van der Waals surface area contributed by atoms with Gasteiger partial charge in [-0.1, -0.05) is 15.9 Å². The molecule has 14 heavy (non-hydrogen) atoms. The maximum absolute atomic E-state index is 11.1. The number of aromatic nitrogens is 1. The zero-order valence-corrected chi connectivity index (χ0v) is 9.18. The first-order chi connectivity index (χ1) is 6.59. The van der Waals surface area contributed by atoms with E-state index in [4.69, 9.17) is 5.73 Å². The molecule has 0 unspecified atom stereocenters. The van der Waals surface area contributed by atoms with Crippen LogP contribution in [0, 0.1) is 6.92 Å². The summed E-state index contributed by atoms with van der Waals surface area (Å²) in [6.07, 6.45) is 0. The minimum Gasteiger partial charge on any atom is -0.364 e. The van der Waals surface area contributed by atoms with Crippen molar-refractivity contribution in [3.05, 3.63) is 33.9 Å². The Morgan fingerprint density at radius 2 is 2.21 bits per heavy atom. The Labute approximate surface area is 89.4 Å². The molecule has 0 aliphatic carbocycles. The quantitative estimate of drug-likeness (QED) is 0.805. The monoisotopic (exact) mass is 252 g/mol. The highest BCUT2D eigenvalue weighted by molar-refractivity contribution is 9.10. The van der Waals surface area contributed by atoms with Gasteiger partial charge >= 0.3 is 0 Å². The van der Waals surface area contributed by atoms with Crippen molar-refractivity contribution in [3.63, 3.8) is 0 Å². The Hall–Kier alpha value is -1.29. The van der Waals surface area contributed by atoms with E-state index >= 15 is 0 Å². The van der Waals surface area contributed by atoms with Crippen LogP contribution in [0.2, 0.25) is 0 Å². The maximum Gasteiger partial charge on any atom is 0.265 e. The summed E-state index contributed by atoms with van der Waals surface area (Å²) < 4.78 is 0.989. The van der Waals surface area contributed by atoms with Crippen LogP contribution in [0.25, 0.3) is 10.9 Å². The Morgan fingerprint density at radius 3 is 2.86 bits per heavy atom. The number of nitrogens with two attached hydrogens (primary N) is 1. The van der Waals surface area contributed by atoms with Gasteiger partial charge in [-0.25, -0.2) is 0 Å². The van der Waals surface area contributed by atoms with E-state index in [0.29, 0.717) is 5.69 Å². The third-order valence-corrected chi connectivity index (χ3v) is 2.76. The highest BCUT2D eigenvalue weighted by atomic mass is 79.9. The van der Waals surface area contributed by atoms with Crippen molar-refractivity contribution in [2.24, 2.45) is 5.73 Å². The standard InChI is InChI=1S/C10H9BrN2O/c1-5-7-4-6(11)2-3-8(7)13-9(5)10(12)14/h2-4,13H,1H3,(H2,12,14). The average Bonchev–Trinajstić information content (AvgIpc) is 2.44. The SMILES string of the molecule is Cc1c(C(N)=O)[nH]c2ccc(Br)cc12. The lowest BCUT2D eigenvalue weighted by atomic mass is 10.1. The van der Waals surface area contributed by atoms with Gasteiger partial charge in [-0.15, -0.1) is 0 Å². The minimum atomic E-state index is -0.421. The Morgan fingerprint density at radius 1 is 1.50 bits per heavy atom. The summed E-state index contributed by atoms with van der Waals surface area (Å²) >= 11 is 3.38. The number of carbonyl (C=O) groups is 1. The molecule has 1 aromatic heterocycles. The lowest BCUT2D eigenvalue weighted by Gasteiger charge is -1.92. The van der Waals surface area contributed by atoms with Crippen molar-refractivity contribution in [1.82, 2.24) is 4.98 Å². The van der Waals surface area contributed by atoms with Gasteiger partial charge in [0.1, 0.15) is 5.69 Å². The number of halogens is 1.